The van der Waals surface area contributed by atoms with Crippen LogP contribution in [-0.2, 0) is 16.0 Å². The quantitative estimate of drug-likeness (QED) is 0.681. The van der Waals surface area contributed by atoms with E-state index in [4.69, 9.17) is 4.74 Å². The molecule has 1 heterocycles. The zero-order valence-electron chi connectivity index (χ0n) is 8.19. The van der Waals surface area contributed by atoms with Gasteiger partial charge in [0.15, 0.2) is 0 Å². The molecule has 0 atom stereocenters. The van der Waals surface area contributed by atoms with E-state index in [1.807, 2.05) is 12.1 Å². The minimum Gasteiger partial charge on any atom is -0.466 e. The molecule has 3 heteroatoms. The largest absolute Gasteiger partial charge is 0.466 e. The van der Waals surface area contributed by atoms with Crippen LogP contribution < -0.4 is 0 Å². The Balaban J connectivity index is 2.66. The summed E-state index contributed by atoms with van der Waals surface area (Å²) in [6.45, 7) is 5.79. The fourth-order valence-corrected chi connectivity index (χ4v) is 1.07. The average molecular weight is 191 g/mol. The molecule has 1 rings (SSSR count). The van der Waals surface area contributed by atoms with E-state index >= 15 is 0 Å². The Morgan fingerprint density at radius 3 is 3.07 bits per heavy atom. The van der Waals surface area contributed by atoms with Crippen LogP contribution in [0.3, 0.4) is 0 Å². The van der Waals surface area contributed by atoms with Crippen molar-refractivity contribution < 1.29 is 9.53 Å². The predicted octanol–water partition coefficient (Wildman–Crippen LogP) is 1.83. The summed E-state index contributed by atoms with van der Waals surface area (Å²) < 4.78 is 4.81. The molecule has 0 saturated heterocycles. The van der Waals surface area contributed by atoms with E-state index in [1.165, 1.54) is 0 Å². The molecule has 1 aromatic heterocycles. The highest BCUT2D eigenvalue weighted by atomic mass is 16.5. The number of carbonyl (C=O) groups is 1. The minimum absolute atomic E-state index is 0.218. The first-order chi connectivity index (χ1) is 6.76. The van der Waals surface area contributed by atoms with E-state index in [2.05, 4.69) is 11.6 Å². The lowest BCUT2D eigenvalue weighted by molar-refractivity contribution is -0.142. The van der Waals surface area contributed by atoms with Crippen molar-refractivity contribution in [1.82, 2.24) is 4.98 Å². The molecular weight excluding hydrogens is 178 g/mol. The van der Waals surface area contributed by atoms with Crippen LogP contribution in [-0.4, -0.2) is 17.6 Å². The second-order valence-corrected chi connectivity index (χ2v) is 2.74. The van der Waals surface area contributed by atoms with Gasteiger partial charge in [-0.1, -0.05) is 12.6 Å². The number of esters is 1. The molecule has 0 saturated carbocycles. The smallest absolute Gasteiger partial charge is 0.311 e. The van der Waals surface area contributed by atoms with Crippen molar-refractivity contribution in [2.45, 2.75) is 13.3 Å². The van der Waals surface area contributed by atoms with Crippen molar-refractivity contribution in [2.75, 3.05) is 6.61 Å². The zero-order chi connectivity index (χ0) is 10.4. The van der Waals surface area contributed by atoms with Gasteiger partial charge in [0, 0.05) is 0 Å². The fraction of sp³-hybridized carbons (Fsp3) is 0.273. The Hall–Kier alpha value is -1.64. The standard InChI is InChI=1S/C11H13NO2/c1-3-9-6-5-7-10(12-9)8-11(13)14-4-2/h3,5-7H,1,4,8H2,2H3. The van der Waals surface area contributed by atoms with Gasteiger partial charge in [-0.15, -0.1) is 0 Å². The van der Waals surface area contributed by atoms with Gasteiger partial charge in [0.2, 0.25) is 0 Å². The van der Waals surface area contributed by atoms with Gasteiger partial charge in [-0.3, -0.25) is 9.78 Å². The minimum atomic E-state index is -0.249. The molecule has 0 aliphatic heterocycles. The molecule has 3 nitrogen and oxygen atoms in total. The van der Waals surface area contributed by atoms with Gasteiger partial charge in [0.1, 0.15) is 0 Å². The third kappa shape index (κ3) is 3.01. The van der Waals surface area contributed by atoms with Crippen LogP contribution in [0.25, 0.3) is 6.08 Å². The van der Waals surface area contributed by atoms with Crippen LogP contribution in [0.2, 0.25) is 0 Å². The summed E-state index contributed by atoms with van der Waals surface area (Å²) in [5, 5.41) is 0. The van der Waals surface area contributed by atoms with Crippen molar-refractivity contribution in [3.63, 3.8) is 0 Å². The molecule has 0 aromatic carbocycles. The molecule has 0 aliphatic rings. The molecule has 0 radical (unpaired) electrons. The summed E-state index contributed by atoms with van der Waals surface area (Å²) in [6.07, 6.45) is 1.87. The Morgan fingerprint density at radius 1 is 1.64 bits per heavy atom. The third-order valence-corrected chi connectivity index (χ3v) is 1.67. The highest BCUT2D eigenvalue weighted by Gasteiger charge is 2.04. The predicted molar refractivity (Wildman–Crippen MR) is 54.7 cm³/mol. The first-order valence-corrected chi connectivity index (χ1v) is 4.50. The van der Waals surface area contributed by atoms with Crippen molar-refractivity contribution >= 4 is 12.0 Å². The van der Waals surface area contributed by atoms with Gasteiger partial charge in [0.05, 0.1) is 24.4 Å². The Labute approximate surface area is 83.4 Å². The highest BCUT2D eigenvalue weighted by molar-refractivity contribution is 5.72. The maximum absolute atomic E-state index is 11.1. The van der Waals surface area contributed by atoms with E-state index in [-0.39, 0.29) is 12.4 Å². The summed E-state index contributed by atoms with van der Waals surface area (Å²) in [4.78, 5) is 15.3. The van der Waals surface area contributed by atoms with E-state index < -0.39 is 0 Å². The van der Waals surface area contributed by atoms with E-state index in [0.717, 1.165) is 5.69 Å². The van der Waals surface area contributed by atoms with Gasteiger partial charge >= 0.3 is 5.97 Å². The maximum Gasteiger partial charge on any atom is 0.311 e. The lowest BCUT2D eigenvalue weighted by Crippen LogP contribution is -2.08. The van der Waals surface area contributed by atoms with Gasteiger partial charge in [-0.25, -0.2) is 0 Å². The number of carbonyl (C=O) groups excluding carboxylic acids is 1. The number of aromatic nitrogens is 1. The SMILES string of the molecule is C=Cc1cccc(CC(=O)OCC)n1. The van der Waals surface area contributed by atoms with Gasteiger partial charge in [-0.2, -0.15) is 0 Å². The summed E-state index contributed by atoms with van der Waals surface area (Å²) in [5.74, 6) is -0.249. The van der Waals surface area contributed by atoms with Gasteiger partial charge in [0.25, 0.3) is 0 Å². The molecule has 74 valence electrons. The molecule has 0 amide bonds. The van der Waals surface area contributed by atoms with E-state index in [1.54, 1.807) is 19.1 Å². The molecule has 0 unspecified atom stereocenters. The summed E-state index contributed by atoms with van der Waals surface area (Å²) in [7, 11) is 0. The van der Waals surface area contributed by atoms with Crippen LogP contribution in [0.1, 0.15) is 18.3 Å². The first kappa shape index (κ1) is 10.4. The third-order valence-electron chi connectivity index (χ3n) is 1.67. The van der Waals surface area contributed by atoms with Crippen molar-refractivity contribution in [1.29, 1.82) is 0 Å². The van der Waals surface area contributed by atoms with E-state index in [0.29, 0.717) is 12.3 Å². The topological polar surface area (TPSA) is 39.2 Å². The number of hydrogen-bond acceptors (Lipinski definition) is 3. The Kier molecular flexibility index (Phi) is 3.85. The number of hydrogen-bond donors (Lipinski definition) is 0. The molecule has 14 heavy (non-hydrogen) atoms. The fourth-order valence-electron chi connectivity index (χ4n) is 1.07. The van der Waals surface area contributed by atoms with Crippen molar-refractivity contribution in [3.05, 3.63) is 36.2 Å². The molecule has 0 fully saturated rings. The second kappa shape index (κ2) is 5.17. The number of nitrogens with zero attached hydrogens (tertiary/aromatic N) is 1. The lowest BCUT2D eigenvalue weighted by atomic mass is 10.2. The van der Waals surface area contributed by atoms with Crippen molar-refractivity contribution in [3.8, 4) is 0 Å². The molecular formula is C11H13NO2. The number of rotatable bonds is 4. The summed E-state index contributed by atoms with van der Waals surface area (Å²) in [5.41, 5.74) is 1.48. The van der Waals surface area contributed by atoms with Crippen LogP contribution in [0.5, 0.6) is 0 Å². The maximum atomic E-state index is 11.1. The van der Waals surface area contributed by atoms with E-state index in [9.17, 15) is 4.79 Å². The molecule has 0 spiro atoms. The zero-order valence-corrected chi connectivity index (χ0v) is 8.19. The summed E-state index contributed by atoms with van der Waals surface area (Å²) >= 11 is 0. The normalized spacial score (nSPS) is 9.50. The Bertz CT molecular complexity index is 334. The monoisotopic (exact) mass is 191 g/mol. The van der Waals surface area contributed by atoms with Gasteiger partial charge in [-0.05, 0) is 25.1 Å². The van der Waals surface area contributed by atoms with Gasteiger partial charge < -0.3 is 4.74 Å². The van der Waals surface area contributed by atoms with Crippen LogP contribution >= 0.6 is 0 Å². The number of ether oxygens (including phenoxy) is 1. The Morgan fingerprint density at radius 2 is 2.43 bits per heavy atom. The van der Waals surface area contributed by atoms with Crippen LogP contribution in [0, 0.1) is 0 Å². The second-order valence-electron chi connectivity index (χ2n) is 2.74. The van der Waals surface area contributed by atoms with Crippen LogP contribution in [0.15, 0.2) is 24.8 Å². The summed E-state index contributed by atoms with van der Waals surface area (Å²) in [6, 6.07) is 5.48. The first-order valence-electron chi connectivity index (χ1n) is 4.50. The molecule has 0 N–H and O–H groups in total. The highest BCUT2D eigenvalue weighted by Crippen LogP contribution is 2.02. The van der Waals surface area contributed by atoms with Crippen molar-refractivity contribution in [2.24, 2.45) is 0 Å². The molecule has 1 aromatic rings. The average Bonchev–Trinajstić information content (AvgIpc) is 2.18. The lowest BCUT2D eigenvalue weighted by Gasteiger charge is -2.01. The van der Waals surface area contributed by atoms with Crippen LogP contribution in [0.4, 0.5) is 0 Å². The molecule has 0 bridgehead atoms. The number of pyridine rings is 1. The molecule has 0 aliphatic carbocycles.